The van der Waals surface area contributed by atoms with Crippen molar-refractivity contribution in [3.05, 3.63) is 0 Å². The van der Waals surface area contributed by atoms with Gasteiger partial charge in [0, 0.05) is 6.54 Å². The number of hydrogen-bond acceptors (Lipinski definition) is 4. The minimum absolute atomic E-state index is 0.231. The van der Waals surface area contributed by atoms with Crippen LogP contribution in [0.1, 0.15) is 26.7 Å². The lowest BCUT2D eigenvalue weighted by Gasteiger charge is -2.27. The van der Waals surface area contributed by atoms with E-state index >= 15 is 0 Å². The number of rotatable bonds is 7. The average molecular weight is 202 g/mol. The van der Waals surface area contributed by atoms with Crippen LogP contribution in [-0.4, -0.2) is 43.7 Å². The molecule has 0 saturated carbocycles. The highest BCUT2D eigenvalue weighted by atomic mass is 16.5. The van der Waals surface area contributed by atoms with Gasteiger partial charge in [0.15, 0.2) is 0 Å². The van der Waals surface area contributed by atoms with Crippen LogP contribution < -0.4 is 5.73 Å². The summed E-state index contributed by atoms with van der Waals surface area (Å²) in [5.74, 6) is -0.231. The lowest BCUT2D eigenvalue weighted by Crippen LogP contribution is -2.47. The third kappa shape index (κ3) is 4.07. The van der Waals surface area contributed by atoms with Gasteiger partial charge in [-0.1, -0.05) is 20.3 Å². The lowest BCUT2D eigenvalue weighted by molar-refractivity contribution is -0.146. The maximum atomic E-state index is 11.4. The summed E-state index contributed by atoms with van der Waals surface area (Å²) in [6, 6.07) is -0.281. The second kappa shape index (κ2) is 7.76. The highest BCUT2D eigenvalue weighted by molar-refractivity contribution is 5.75. The number of nitrogens with zero attached hydrogens (tertiary/aromatic N) is 1. The zero-order valence-electron chi connectivity index (χ0n) is 9.45. The number of hydrogen-bond donors (Lipinski definition) is 1. The Kier molecular flexibility index (Phi) is 7.42. The fourth-order valence-corrected chi connectivity index (χ4v) is 1.43. The number of esters is 1. The monoisotopic (exact) mass is 202 g/mol. The molecule has 0 aromatic heterocycles. The SMILES string of the molecule is CCCCN(CC)C(CN)C(=O)OC. The number of unbranched alkanes of at least 4 members (excludes halogenated alkanes) is 1. The van der Waals surface area contributed by atoms with Crippen molar-refractivity contribution in [1.82, 2.24) is 4.90 Å². The van der Waals surface area contributed by atoms with E-state index in [0.717, 1.165) is 25.9 Å². The van der Waals surface area contributed by atoms with Crippen molar-refractivity contribution in [2.24, 2.45) is 5.73 Å². The van der Waals surface area contributed by atoms with Gasteiger partial charge in [0.1, 0.15) is 6.04 Å². The van der Waals surface area contributed by atoms with Crippen LogP contribution in [0.3, 0.4) is 0 Å². The average Bonchev–Trinajstić information content (AvgIpc) is 2.23. The van der Waals surface area contributed by atoms with Crippen LogP contribution in [0.15, 0.2) is 0 Å². The van der Waals surface area contributed by atoms with E-state index in [1.54, 1.807) is 0 Å². The number of carbonyl (C=O) groups is 1. The summed E-state index contributed by atoms with van der Waals surface area (Å²) in [6.07, 6.45) is 2.20. The van der Waals surface area contributed by atoms with Crippen LogP contribution >= 0.6 is 0 Å². The normalized spacial score (nSPS) is 12.9. The molecule has 0 radical (unpaired) electrons. The van der Waals surface area contributed by atoms with Gasteiger partial charge in [-0.15, -0.1) is 0 Å². The Bertz CT molecular complexity index is 162. The third-order valence-corrected chi connectivity index (χ3v) is 2.34. The van der Waals surface area contributed by atoms with Crippen molar-refractivity contribution in [3.63, 3.8) is 0 Å². The molecule has 0 bridgehead atoms. The van der Waals surface area contributed by atoms with Gasteiger partial charge in [-0.05, 0) is 19.5 Å². The largest absolute Gasteiger partial charge is 0.468 e. The van der Waals surface area contributed by atoms with E-state index in [1.807, 2.05) is 6.92 Å². The standard InChI is InChI=1S/C10H22N2O2/c1-4-6-7-12(5-2)9(8-11)10(13)14-3/h9H,4-8,11H2,1-3H3. The molecular weight excluding hydrogens is 180 g/mol. The summed E-state index contributed by atoms with van der Waals surface area (Å²) < 4.78 is 4.71. The minimum atomic E-state index is -0.281. The molecule has 0 fully saturated rings. The van der Waals surface area contributed by atoms with Crippen LogP contribution in [0.4, 0.5) is 0 Å². The van der Waals surface area contributed by atoms with E-state index in [9.17, 15) is 4.79 Å². The Morgan fingerprint density at radius 1 is 1.50 bits per heavy atom. The molecule has 1 atom stereocenters. The smallest absolute Gasteiger partial charge is 0.324 e. The highest BCUT2D eigenvalue weighted by Crippen LogP contribution is 2.03. The lowest BCUT2D eigenvalue weighted by atomic mass is 10.2. The van der Waals surface area contributed by atoms with Crippen molar-refractivity contribution >= 4 is 5.97 Å². The number of likely N-dealkylation sites (N-methyl/N-ethyl adjacent to an activating group) is 1. The molecule has 0 aromatic carbocycles. The quantitative estimate of drug-likeness (QED) is 0.614. The van der Waals surface area contributed by atoms with E-state index in [-0.39, 0.29) is 12.0 Å². The molecule has 0 aliphatic rings. The third-order valence-electron chi connectivity index (χ3n) is 2.34. The number of carbonyl (C=O) groups excluding carboxylic acids is 1. The zero-order valence-corrected chi connectivity index (χ0v) is 9.45. The molecule has 4 heteroatoms. The van der Waals surface area contributed by atoms with Crippen molar-refractivity contribution in [2.45, 2.75) is 32.7 Å². The van der Waals surface area contributed by atoms with Crippen molar-refractivity contribution in [1.29, 1.82) is 0 Å². The molecule has 84 valence electrons. The molecule has 4 nitrogen and oxygen atoms in total. The van der Waals surface area contributed by atoms with Crippen molar-refractivity contribution in [3.8, 4) is 0 Å². The minimum Gasteiger partial charge on any atom is -0.468 e. The van der Waals surface area contributed by atoms with Crippen molar-refractivity contribution < 1.29 is 9.53 Å². The van der Waals surface area contributed by atoms with Gasteiger partial charge in [0.05, 0.1) is 7.11 Å². The molecule has 0 rings (SSSR count). The summed E-state index contributed by atoms with van der Waals surface area (Å²) in [6.45, 7) is 6.22. The van der Waals surface area contributed by atoms with E-state index in [1.165, 1.54) is 7.11 Å². The molecular formula is C10H22N2O2. The second-order valence-electron chi connectivity index (χ2n) is 3.26. The molecule has 0 heterocycles. The summed E-state index contributed by atoms with van der Waals surface area (Å²) in [7, 11) is 1.40. The number of nitrogens with two attached hydrogens (primary N) is 1. The maximum Gasteiger partial charge on any atom is 0.324 e. The first-order valence-corrected chi connectivity index (χ1v) is 5.23. The zero-order chi connectivity index (χ0) is 11.0. The van der Waals surface area contributed by atoms with Crippen LogP contribution in [-0.2, 0) is 9.53 Å². The summed E-state index contributed by atoms with van der Waals surface area (Å²) in [5, 5.41) is 0. The van der Waals surface area contributed by atoms with Gasteiger partial charge in [0.2, 0.25) is 0 Å². The Balaban J connectivity index is 4.21. The molecule has 0 amide bonds. The van der Waals surface area contributed by atoms with Gasteiger partial charge in [-0.3, -0.25) is 9.69 Å². The molecule has 0 spiro atoms. The molecule has 0 aliphatic carbocycles. The van der Waals surface area contributed by atoms with E-state index < -0.39 is 0 Å². The topological polar surface area (TPSA) is 55.6 Å². The van der Waals surface area contributed by atoms with Crippen LogP contribution in [0.5, 0.6) is 0 Å². The molecule has 0 aromatic rings. The highest BCUT2D eigenvalue weighted by Gasteiger charge is 2.23. The first-order valence-electron chi connectivity index (χ1n) is 5.23. The fourth-order valence-electron chi connectivity index (χ4n) is 1.43. The molecule has 1 unspecified atom stereocenters. The van der Waals surface area contributed by atoms with Crippen LogP contribution in [0, 0.1) is 0 Å². The first-order chi connectivity index (χ1) is 6.71. The van der Waals surface area contributed by atoms with Crippen LogP contribution in [0.25, 0.3) is 0 Å². The van der Waals surface area contributed by atoms with E-state index in [0.29, 0.717) is 6.54 Å². The Morgan fingerprint density at radius 3 is 2.50 bits per heavy atom. The van der Waals surface area contributed by atoms with Crippen molar-refractivity contribution in [2.75, 3.05) is 26.7 Å². The summed E-state index contributed by atoms with van der Waals surface area (Å²) >= 11 is 0. The summed E-state index contributed by atoms with van der Waals surface area (Å²) in [5.41, 5.74) is 5.55. The molecule has 0 aliphatic heterocycles. The first kappa shape index (κ1) is 13.4. The Labute approximate surface area is 86.4 Å². The number of methoxy groups -OCH3 is 1. The fraction of sp³-hybridized carbons (Fsp3) is 0.900. The second-order valence-corrected chi connectivity index (χ2v) is 3.26. The van der Waals surface area contributed by atoms with Gasteiger partial charge in [-0.2, -0.15) is 0 Å². The predicted molar refractivity (Wildman–Crippen MR) is 57.0 cm³/mol. The Hall–Kier alpha value is -0.610. The van der Waals surface area contributed by atoms with Gasteiger partial charge >= 0.3 is 5.97 Å². The Morgan fingerprint density at radius 2 is 2.14 bits per heavy atom. The number of ether oxygens (including phenoxy) is 1. The van der Waals surface area contributed by atoms with E-state index in [2.05, 4.69) is 11.8 Å². The van der Waals surface area contributed by atoms with Crippen LogP contribution in [0.2, 0.25) is 0 Å². The van der Waals surface area contributed by atoms with Gasteiger partial charge in [0.25, 0.3) is 0 Å². The van der Waals surface area contributed by atoms with Gasteiger partial charge in [-0.25, -0.2) is 0 Å². The van der Waals surface area contributed by atoms with E-state index in [4.69, 9.17) is 10.5 Å². The maximum absolute atomic E-state index is 11.4. The predicted octanol–water partition coefficient (Wildman–Crippen LogP) is 0.609. The summed E-state index contributed by atoms with van der Waals surface area (Å²) in [4.78, 5) is 13.4. The molecule has 2 N–H and O–H groups in total. The molecule has 0 saturated heterocycles. The molecule has 14 heavy (non-hydrogen) atoms. The van der Waals surface area contributed by atoms with Gasteiger partial charge < -0.3 is 10.5 Å².